The molecule has 1 saturated heterocycles. The first-order chi connectivity index (χ1) is 15.5. The maximum Gasteiger partial charge on any atom is 0.267 e. The Morgan fingerprint density at radius 1 is 1.19 bits per heavy atom. The van der Waals surface area contributed by atoms with Gasteiger partial charge in [-0.3, -0.25) is 9.69 Å². The highest BCUT2D eigenvalue weighted by Crippen LogP contribution is 2.21. The third kappa shape index (κ3) is 5.64. The maximum atomic E-state index is 13.0. The molecule has 2 N–H and O–H groups in total. The van der Waals surface area contributed by atoms with E-state index >= 15 is 0 Å². The second-order valence-corrected chi connectivity index (χ2v) is 8.69. The van der Waals surface area contributed by atoms with E-state index in [9.17, 15) is 9.18 Å². The normalized spacial score (nSPS) is 14.5. The lowest BCUT2D eigenvalue weighted by Gasteiger charge is -2.35. The van der Waals surface area contributed by atoms with E-state index in [1.165, 1.54) is 35.6 Å². The van der Waals surface area contributed by atoms with Crippen molar-refractivity contribution in [2.75, 3.05) is 49.5 Å². The summed E-state index contributed by atoms with van der Waals surface area (Å²) in [6.07, 6.45) is 2.06. The number of hydrogen-bond acceptors (Lipinski definition) is 8. The summed E-state index contributed by atoms with van der Waals surface area (Å²) in [4.78, 5) is 30.9. The number of carbonyl (C=O) groups excluding carboxylic acids is 1. The van der Waals surface area contributed by atoms with Crippen LogP contribution in [0.5, 0.6) is 0 Å². The molecule has 8 nitrogen and oxygen atoms in total. The van der Waals surface area contributed by atoms with Gasteiger partial charge in [-0.15, -0.1) is 11.3 Å². The van der Waals surface area contributed by atoms with E-state index in [1.807, 2.05) is 13.0 Å². The van der Waals surface area contributed by atoms with Crippen LogP contribution < -0.4 is 10.2 Å². The molecule has 0 bridgehead atoms. The maximum absolute atomic E-state index is 13.0. The first kappa shape index (κ1) is 22.3. The Labute approximate surface area is 189 Å². The number of anilines is 2. The van der Waals surface area contributed by atoms with Crippen molar-refractivity contribution in [3.05, 3.63) is 63.7 Å². The Balaban J connectivity index is 1.41. The first-order valence-corrected chi connectivity index (χ1v) is 11.3. The molecule has 0 atom stereocenters. The highest BCUT2D eigenvalue weighted by Gasteiger charge is 2.19. The zero-order chi connectivity index (χ0) is 22.5. The third-order valence-corrected chi connectivity index (χ3v) is 6.20. The fraction of sp³-hybridized carbons (Fsp3) is 0.364. The van der Waals surface area contributed by atoms with Gasteiger partial charge in [-0.1, -0.05) is 0 Å². The average Bonchev–Trinajstić information content (AvgIpc) is 3.24. The monoisotopic (exact) mass is 456 g/mol. The van der Waals surface area contributed by atoms with E-state index < -0.39 is 0 Å². The molecule has 0 saturated carbocycles. The topological polar surface area (TPSA) is 94.5 Å². The van der Waals surface area contributed by atoms with Crippen LogP contribution in [-0.4, -0.2) is 70.2 Å². The molecule has 0 radical (unpaired) electrons. The van der Waals surface area contributed by atoms with Gasteiger partial charge in [0, 0.05) is 50.9 Å². The number of carbonyl (C=O) groups is 1. The first-order valence-electron chi connectivity index (χ1n) is 10.4. The third-order valence-electron chi connectivity index (χ3n) is 5.20. The number of aryl methyl sites for hydroxylation is 1. The van der Waals surface area contributed by atoms with Gasteiger partial charge in [0.15, 0.2) is 0 Å². The van der Waals surface area contributed by atoms with Gasteiger partial charge in [0.25, 0.3) is 5.91 Å². The van der Waals surface area contributed by atoms with Crippen LogP contribution in [0.4, 0.5) is 15.9 Å². The fourth-order valence-corrected chi connectivity index (χ4v) is 4.41. The van der Waals surface area contributed by atoms with E-state index in [0.29, 0.717) is 29.4 Å². The van der Waals surface area contributed by atoms with Crippen LogP contribution in [0, 0.1) is 12.7 Å². The Hall–Kier alpha value is -2.95. The van der Waals surface area contributed by atoms with Crippen molar-refractivity contribution >= 4 is 28.7 Å². The summed E-state index contributed by atoms with van der Waals surface area (Å²) in [7, 11) is 0. The molecular formula is C22H25FN6O2S. The Kier molecular flexibility index (Phi) is 7.03. The van der Waals surface area contributed by atoms with Crippen LogP contribution in [0.1, 0.15) is 26.2 Å². The largest absolute Gasteiger partial charge is 0.395 e. The summed E-state index contributed by atoms with van der Waals surface area (Å²) in [5.41, 5.74) is 1.38. The summed E-state index contributed by atoms with van der Waals surface area (Å²) in [5, 5.41) is 12.6. The van der Waals surface area contributed by atoms with Gasteiger partial charge >= 0.3 is 0 Å². The number of aliphatic hydroxyl groups is 1. The number of nitrogens with zero attached hydrogens (tertiary/aromatic N) is 5. The number of piperazine rings is 1. The second kappa shape index (κ2) is 10.1. The van der Waals surface area contributed by atoms with Gasteiger partial charge in [0.1, 0.15) is 22.3 Å². The van der Waals surface area contributed by atoms with Crippen LogP contribution in [0.15, 0.2) is 36.5 Å². The summed E-state index contributed by atoms with van der Waals surface area (Å²) in [5.74, 6) is 0.957. The number of β-amino-alcohol motifs (C(OH)–C–C–N with tert-alkyl or cyclic N) is 1. The Morgan fingerprint density at radius 2 is 1.94 bits per heavy atom. The lowest BCUT2D eigenvalue weighted by molar-refractivity contribution is 0.103. The molecule has 1 aromatic carbocycles. The van der Waals surface area contributed by atoms with Gasteiger partial charge in [-0.2, -0.15) is 0 Å². The van der Waals surface area contributed by atoms with Crippen LogP contribution in [0.2, 0.25) is 0 Å². The van der Waals surface area contributed by atoms with E-state index in [0.717, 1.165) is 42.7 Å². The molecule has 168 valence electrons. The molecule has 0 unspecified atom stereocenters. The molecule has 2 aromatic heterocycles. The van der Waals surface area contributed by atoms with Crippen LogP contribution in [0.3, 0.4) is 0 Å². The summed E-state index contributed by atoms with van der Waals surface area (Å²) in [6, 6.07) is 7.62. The highest BCUT2D eigenvalue weighted by atomic mass is 32.1. The minimum Gasteiger partial charge on any atom is -0.395 e. The number of nitrogens with one attached hydrogen (secondary N) is 1. The van der Waals surface area contributed by atoms with Crippen molar-refractivity contribution in [2.24, 2.45) is 0 Å². The van der Waals surface area contributed by atoms with E-state index in [2.05, 4.69) is 30.1 Å². The molecule has 3 aromatic rings. The highest BCUT2D eigenvalue weighted by molar-refractivity contribution is 7.13. The zero-order valence-electron chi connectivity index (χ0n) is 17.8. The molecular weight excluding hydrogens is 431 g/mol. The lowest BCUT2D eigenvalue weighted by atomic mass is 10.2. The van der Waals surface area contributed by atoms with Crippen LogP contribution >= 0.6 is 11.3 Å². The van der Waals surface area contributed by atoms with Gasteiger partial charge in [-0.25, -0.2) is 19.3 Å². The van der Waals surface area contributed by atoms with Gasteiger partial charge < -0.3 is 15.3 Å². The molecule has 0 spiro atoms. The SMILES string of the molecule is Cc1nc(Cc2ncc(C(=O)Nc3ccc(F)cc3)s2)cc(N2CCN(CCO)CC2)n1. The predicted octanol–water partition coefficient (Wildman–Crippen LogP) is 2.34. The molecule has 32 heavy (non-hydrogen) atoms. The molecule has 4 rings (SSSR count). The number of thiazole rings is 1. The Morgan fingerprint density at radius 3 is 2.66 bits per heavy atom. The standard InChI is InChI=1S/C22H25FN6O2S/c1-15-25-18(12-20(26-15)29-8-6-28(7-9-29)10-11-30)13-21-24-14-19(32-21)22(31)27-17-4-2-16(23)3-5-17/h2-5,12,14,30H,6-11,13H2,1H3,(H,27,31). The van der Waals surface area contributed by atoms with Crippen molar-refractivity contribution in [3.63, 3.8) is 0 Å². The smallest absolute Gasteiger partial charge is 0.267 e. The number of halogens is 1. The molecule has 1 fully saturated rings. The van der Waals surface area contributed by atoms with Crippen molar-refractivity contribution in [3.8, 4) is 0 Å². The van der Waals surface area contributed by atoms with Crippen LogP contribution in [-0.2, 0) is 6.42 Å². The minimum atomic E-state index is -0.352. The molecule has 3 heterocycles. The van der Waals surface area contributed by atoms with Crippen molar-refractivity contribution in [2.45, 2.75) is 13.3 Å². The van der Waals surface area contributed by atoms with Crippen LogP contribution in [0.25, 0.3) is 0 Å². The second-order valence-electron chi connectivity index (χ2n) is 7.57. The van der Waals surface area contributed by atoms with Gasteiger partial charge in [0.05, 0.1) is 23.5 Å². The molecule has 1 aliphatic heterocycles. The number of aliphatic hydroxyl groups excluding tert-OH is 1. The quantitative estimate of drug-likeness (QED) is 0.564. The molecule has 1 aliphatic rings. The van der Waals surface area contributed by atoms with E-state index in [1.54, 1.807) is 6.20 Å². The predicted molar refractivity (Wildman–Crippen MR) is 122 cm³/mol. The zero-order valence-corrected chi connectivity index (χ0v) is 18.6. The number of aromatic nitrogens is 3. The van der Waals surface area contributed by atoms with Crippen molar-refractivity contribution < 1.29 is 14.3 Å². The molecule has 10 heteroatoms. The van der Waals surface area contributed by atoms with E-state index in [-0.39, 0.29) is 18.3 Å². The van der Waals surface area contributed by atoms with Crippen molar-refractivity contribution in [1.82, 2.24) is 19.9 Å². The average molecular weight is 457 g/mol. The number of rotatable bonds is 7. The van der Waals surface area contributed by atoms with Gasteiger partial charge in [-0.05, 0) is 31.2 Å². The number of amides is 1. The fourth-order valence-electron chi connectivity index (χ4n) is 3.58. The summed E-state index contributed by atoms with van der Waals surface area (Å²) in [6.45, 7) is 6.22. The lowest BCUT2D eigenvalue weighted by Crippen LogP contribution is -2.47. The summed E-state index contributed by atoms with van der Waals surface area (Å²) >= 11 is 1.31. The molecule has 1 amide bonds. The van der Waals surface area contributed by atoms with E-state index in [4.69, 9.17) is 5.11 Å². The molecule has 0 aliphatic carbocycles. The minimum absolute atomic E-state index is 0.175. The Bertz CT molecular complexity index is 1070. The number of benzene rings is 1. The van der Waals surface area contributed by atoms with Crippen molar-refractivity contribution in [1.29, 1.82) is 0 Å². The number of hydrogen-bond donors (Lipinski definition) is 2. The summed E-state index contributed by atoms with van der Waals surface area (Å²) < 4.78 is 13.0. The van der Waals surface area contributed by atoms with Gasteiger partial charge in [0.2, 0.25) is 0 Å².